The second-order valence-electron chi connectivity index (χ2n) is 7.25. The van der Waals surface area contributed by atoms with Gasteiger partial charge in [0.25, 0.3) is 5.91 Å². The molecule has 5 heteroatoms. The predicted octanol–water partition coefficient (Wildman–Crippen LogP) is 2.98. The zero-order valence-corrected chi connectivity index (χ0v) is 13.8. The molecule has 3 heterocycles. The van der Waals surface area contributed by atoms with Gasteiger partial charge in [0, 0.05) is 41.8 Å². The van der Waals surface area contributed by atoms with E-state index in [0.717, 1.165) is 48.2 Å². The number of hydrogen-bond acceptors (Lipinski definition) is 4. The Bertz CT molecular complexity index is 933. The van der Waals surface area contributed by atoms with Crippen LogP contribution in [0.5, 0.6) is 0 Å². The molecule has 2 fully saturated rings. The Kier molecular flexibility index (Phi) is 3.18. The summed E-state index contributed by atoms with van der Waals surface area (Å²) in [4.78, 5) is 16.9. The maximum Gasteiger partial charge on any atom is 0.251 e. The fourth-order valence-electron chi connectivity index (χ4n) is 4.03. The Morgan fingerprint density at radius 1 is 1.16 bits per heavy atom. The molecule has 1 aliphatic carbocycles. The molecule has 0 radical (unpaired) electrons. The highest BCUT2D eigenvalue weighted by molar-refractivity contribution is 5.96. The first kappa shape index (κ1) is 14.7. The van der Waals surface area contributed by atoms with Crippen LogP contribution in [0.4, 0.5) is 0 Å². The summed E-state index contributed by atoms with van der Waals surface area (Å²) in [6, 6.07) is 11.7. The van der Waals surface area contributed by atoms with Crippen LogP contribution in [0.25, 0.3) is 22.2 Å². The fourth-order valence-corrected chi connectivity index (χ4v) is 4.03. The molecule has 5 rings (SSSR count). The van der Waals surface area contributed by atoms with E-state index < -0.39 is 0 Å². The molecule has 25 heavy (non-hydrogen) atoms. The van der Waals surface area contributed by atoms with Gasteiger partial charge in [0.1, 0.15) is 5.58 Å². The summed E-state index contributed by atoms with van der Waals surface area (Å²) in [6.45, 7) is 2.20. The number of amides is 1. The van der Waals surface area contributed by atoms with E-state index in [1.54, 1.807) is 12.5 Å². The van der Waals surface area contributed by atoms with Gasteiger partial charge >= 0.3 is 0 Å². The molecule has 126 valence electrons. The quantitative estimate of drug-likeness (QED) is 0.773. The van der Waals surface area contributed by atoms with Crippen molar-refractivity contribution >= 4 is 16.9 Å². The summed E-state index contributed by atoms with van der Waals surface area (Å²) >= 11 is 0. The third-order valence-electron chi connectivity index (χ3n) is 5.49. The van der Waals surface area contributed by atoms with Crippen LogP contribution in [-0.2, 0) is 0 Å². The van der Waals surface area contributed by atoms with E-state index in [-0.39, 0.29) is 5.91 Å². The average molecular weight is 333 g/mol. The molecule has 1 spiro atoms. The maximum atomic E-state index is 12.4. The fraction of sp³-hybridized carbons (Fsp3) is 0.300. The second kappa shape index (κ2) is 5.43. The van der Waals surface area contributed by atoms with Crippen molar-refractivity contribution in [1.82, 2.24) is 15.6 Å². The number of furan rings is 1. The SMILES string of the molecule is O=C(NC1CC2(CNC2)C1)c1ccc(-c2nccc3occc23)cc1. The van der Waals surface area contributed by atoms with Crippen LogP contribution in [0.1, 0.15) is 23.2 Å². The van der Waals surface area contributed by atoms with Crippen molar-refractivity contribution in [2.24, 2.45) is 5.41 Å². The summed E-state index contributed by atoms with van der Waals surface area (Å²) in [6.07, 6.45) is 5.59. The van der Waals surface area contributed by atoms with Crippen molar-refractivity contribution < 1.29 is 9.21 Å². The van der Waals surface area contributed by atoms with Gasteiger partial charge in [-0.25, -0.2) is 0 Å². The summed E-state index contributed by atoms with van der Waals surface area (Å²) < 4.78 is 5.43. The maximum absolute atomic E-state index is 12.4. The number of pyridine rings is 1. The van der Waals surface area contributed by atoms with Crippen LogP contribution in [-0.4, -0.2) is 30.0 Å². The predicted molar refractivity (Wildman–Crippen MR) is 95.2 cm³/mol. The molecule has 2 aliphatic rings. The number of carbonyl (C=O) groups is 1. The molecule has 1 aliphatic heterocycles. The molecular formula is C20H19N3O2. The van der Waals surface area contributed by atoms with Crippen molar-refractivity contribution in [2.45, 2.75) is 18.9 Å². The topological polar surface area (TPSA) is 67.2 Å². The molecule has 5 nitrogen and oxygen atoms in total. The van der Waals surface area contributed by atoms with Gasteiger partial charge in [-0.2, -0.15) is 0 Å². The minimum atomic E-state index is 0.00756. The first-order chi connectivity index (χ1) is 12.2. The molecule has 2 aromatic heterocycles. The molecule has 1 saturated heterocycles. The average Bonchev–Trinajstić information content (AvgIpc) is 3.04. The van der Waals surface area contributed by atoms with E-state index in [1.807, 2.05) is 36.4 Å². The number of hydrogen-bond donors (Lipinski definition) is 2. The van der Waals surface area contributed by atoms with E-state index in [2.05, 4.69) is 15.6 Å². The summed E-state index contributed by atoms with van der Waals surface area (Å²) in [5, 5.41) is 7.44. The molecule has 1 aromatic carbocycles. The molecule has 0 unspecified atom stereocenters. The van der Waals surface area contributed by atoms with Crippen LogP contribution in [0, 0.1) is 5.41 Å². The van der Waals surface area contributed by atoms with Gasteiger partial charge in [-0.1, -0.05) is 12.1 Å². The lowest BCUT2D eigenvalue weighted by Gasteiger charge is -2.54. The van der Waals surface area contributed by atoms with Crippen molar-refractivity contribution in [1.29, 1.82) is 0 Å². The van der Waals surface area contributed by atoms with Crippen LogP contribution < -0.4 is 10.6 Å². The van der Waals surface area contributed by atoms with Crippen molar-refractivity contribution in [2.75, 3.05) is 13.1 Å². The van der Waals surface area contributed by atoms with Crippen LogP contribution in [0.3, 0.4) is 0 Å². The molecule has 1 amide bonds. The highest BCUT2D eigenvalue weighted by Gasteiger charge is 2.48. The summed E-state index contributed by atoms with van der Waals surface area (Å²) in [5.74, 6) is 0.00756. The summed E-state index contributed by atoms with van der Waals surface area (Å²) in [5.41, 5.74) is 3.83. The smallest absolute Gasteiger partial charge is 0.251 e. The number of aromatic nitrogens is 1. The van der Waals surface area contributed by atoms with Crippen molar-refractivity contribution in [3.8, 4) is 11.3 Å². The molecule has 0 atom stereocenters. The van der Waals surface area contributed by atoms with E-state index in [4.69, 9.17) is 4.42 Å². The first-order valence-electron chi connectivity index (χ1n) is 8.67. The van der Waals surface area contributed by atoms with Crippen LogP contribution >= 0.6 is 0 Å². The van der Waals surface area contributed by atoms with Crippen molar-refractivity contribution in [3.63, 3.8) is 0 Å². The van der Waals surface area contributed by atoms with Crippen LogP contribution in [0.2, 0.25) is 0 Å². The van der Waals surface area contributed by atoms with Gasteiger partial charge in [-0.15, -0.1) is 0 Å². The van der Waals surface area contributed by atoms with E-state index in [0.29, 0.717) is 17.0 Å². The lowest BCUT2D eigenvalue weighted by Crippen LogP contribution is -2.65. The van der Waals surface area contributed by atoms with E-state index >= 15 is 0 Å². The largest absolute Gasteiger partial charge is 0.464 e. The Morgan fingerprint density at radius 2 is 1.96 bits per heavy atom. The number of fused-ring (bicyclic) bond motifs is 1. The van der Waals surface area contributed by atoms with Gasteiger partial charge in [0.05, 0.1) is 12.0 Å². The van der Waals surface area contributed by atoms with Gasteiger partial charge in [-0.3, -0.25) is 9.78 Å². The monoisotopic (exact) mass is 333 g/mol. The van der Waals surface area contributed by atoms with E-state index in [1.165, 1.54) is 0 Å². The molecule has 3 aromatic rings. The Hall–Kier alpha value is -2.66. The number of nitrogens with one attached hydrogen (secondary N) is 2. The zero-order chi connectivity index (χ0) is 16.9. The number of carbonyl (C=O) groups excluding carboxylic acids is 1. The number of benzene rings is 1. The second-order valence-corrected chi connectivity index (χ2v) is 7.25. The van der Waals surface area contributed by atoms with Gasteiger partial charge in [-0.05, 0) is 42.5 Å². The lowest BCUT2D eigenvalue weighted by atomic mass is 9.61. The van der Waals surface area contributed by atoms with Gasteiger partial charge in [0.2, 0.25) is 0 Å². The Labute approximate surface area is 145 Å². The molecule has 0 bridgehead atoms. The van der Waals surface area contributed by atoms with Gasteiger partial charge < -0.3 is 15.1 Å². The summed E-state index contributed by atoms with van der Waals surface area (Å²) in [7, 11) is 0. The Morgan fingerprint density at radius 3 is 2.68 bits per heavy atom. The number of rotatable bonds is 3. The highest BCUT2D eigenvalue weighted by Crippen LogP contribution is 2.44. The minimum absolute atomic E-state index is 0.00756. The third kappa shape index (κ3) is 2.43. The minimum Gasteiger partial charge on any atom is -0.464 e. The lowest BCUT2D eigenvalue weighted by molar-refractivity contribution is 0.0232. The standard InChI is InChI=1S/C20H19N3O2/c24-19(23-15-9-20(10-15)11-21-12-20)14-3-1-13(2-4-14)18-16-6-8-25-17(16)5-7-22-18/h1-8,15,21H,9-12H2,(H,23,24). The Balaban J connectivity index is 1.31. The zero-order valence-electron chi connectivity index (χ0n) is 13.8. The molecule has 2 N–H and O–H groups in total. The van der Waals surface area contributed by atoms with Crippen molar-refractivity contribution in [3.05, 3.63) is 54.4 Å². The normalized spacial score (nSPS) is 18.7. The van der Waals surface area contributed by atoms with E-state index in [9.17, 15) is 4.79 Å². The van der Waals surface area contributed by atoms with Crippen LogP contribution in [0.15, 0.2) is 53.3 Å². The molecule has 1 saturated carbocycles. The molecular weight excluding hydrogens is 314 g/mol. The van der Waals surface area contributed by atoms with Gasteiger partial charge in [0.15, 0.2) is 0 Å². The third-order valence-corrected chi connectivity index (χ3v) is 5.49. The highest BCUT2D eigenvalue weighted by atomic mass is 16.3. The first-order valence-corrected chi connectivity index (χ1v) is 8.67. The number of nitrogens with zero attached hydrogens (tertiary/aromatic N) is 1.